The molecule has 0 atom stereocenters. The number of hydrogen-bond donors (Lipinski definition) is 1. The Morgan fingerprint density at radius 2 is 1.90 bits per heavy atom. The van der Waals surface area contributed by atoms with Gasteiger partial charge in [0.2, 0.25) is 5.78 Å². The lowest BCUT2D eigenvalue weighted by Crippen LogP contribution is -1.91. The Bertz CT molecular complexity index is 1320. The Balaban J connectivity index is 1.55. The van der Waals surface area contributed by atoms with E-state index in [0.717, 1.165) is 0 Å². The van der Waals surface area contributed by atoms with Gasteiger partial charge < -0.3 is 4.42 Å². The average Bonchev–Trinajstić information content (AvgIpc) is 3.44. The molecule has 0 unspecified atom stereocenters. The first-order chi connectivity index (χ1) is 14.9. The fraction of sp³-hybridized carbons (Fsp3) is 0. The van der Waals surface area contributed by atoms with Crippen molar-refractivity contribution < 1.29 is 14.1 Å². The van der Waals surface area contributed by atoms with Gasteiger partial charge in [0.05, 0.1) is 26.9 Å². The molecule has 0 saturated carbocycles. The summed E-state index contributed by atoms with van der Waals surface area (Å²) in [5.41, 5.74) is 2.40. The predicted octanol–water partition coefficient (Wildman–Crippen LogP) is 6.45. The molecule has 0 aliphatic carbocycles. The monoisotopic (exact) mass is 453 g/mol. The highest BCUT2D eigenvalue weighted by Gasteiger charge is 2.13. The first-order valence-corrected chi connectivity index (χ1v) is 9.74. The highest BCUT2D eigenvalue weighted by atomic mass is 35.5. The number of allylic oxidation sites excluding steroid dienone is 1. The van der Waals surface area contributed by atoms with Crippen LogP contribution in [0.2, 0.25) is 10.0 Å². The Labute approximate surface area is 186 Å². The molecular formula is C22H13Cl2N3O4. The number of carbonyl (C=O) groups is 1. The summed E-state index contributed by atoms with van der Waals surface area (Å²) in [5.74, 6) is 0.283. The highest BCUT2D eigenvalue weighted by Crippen LogP contribution is 2.30. The van der Waals surface area contributed by atoms with Crippen LogP contribution in [0.1, 0.15) is 16.1 Å². The molecule has 4 aromatic rings. The summed E-state index contributed by atoms with van der Waals surface area (Å²) in [4.78, 5) is 23.1. The highest BCUT2D eigenvalue weighted by molar-refractivity contribution is 6.42. The first kappa shape index (κ1) is 20.6. The second-order valence-corrected chi connectivity index (χ2v) is 7.31. The van der Waals surface area contributed by atoms with Gasteiger partial charge in [-0.1, -0.05) is 35.3 Å². The smallest absolute Gasteiger partial charge is 0.270 e. The Morgan fingerprint density at radius 3 is 2.68 bits per heavy atom. The van der Waals surface area contributed by atoms with Crippen molar-refractivity contribution in [2.24, 2.45) is 0 Å². The lowest BCUT2D eigenvalue weighted by atomic mass is 10.1. The molecule has 0 fully saturated rings. The number of halogens is 2. The molecule has 2 heterocycles. The van der Waals surface area contributed by atoms with Crippen LogP contribution in [0.25, 0.3) is 28.7 Å². The number of carbonyl (C=O) groups excluding carboxylic acids is 1. The van der Waals surface area contributed by atoms with Crippen LogP contribution < -0.4 is 0 Å². The van der Waals surface area contributed by atoms with Gasteiger partial charge >= 0.3 is 0 Å². The summed E-state index contributed by atoms with van der Waals surface area (Å²) >= 11 is 12.0. The zero-order valence-corrected chi connectivity index (χ0v) is 17.2. The molecule has 31 heavy (non-hydrogen) atoms. The van der Waals surface area contributed by atoms with E-state index in [0.29, 0.717) is 38.2 Å². The lowest BCUT2D eigenvalue weighted by Gasteiger charge is -2.00. The minimum Gasteiger partial charge on any atom is -0.453 e. The van der Waals surface area contributed by atoms with Gasteiger partial charge in [-0.2, -0.15) is 5.10 Å². The van der Waals surface area contributed by atoms with E-state index in [-0.39, 0.29) is 17.2 Å². The number of benzene rings is 2. The maximum absolute atomic E-state index is 12.5. The summed E-state index contributed by atoms with van der Waals surface area (Å²) in [6.07, 6.45) is 4.45. The SMILES string of the molecule is O=C(C=Cc1cn[nH]c1-c1cccc([N+](=O)[O-])c1)c1ccc(-c2ccc(Cl)c(Cl)c2)o1. The molecule has 0 saturated heterocycles. The molecule has 1 N–H and O–H groups in total. The quantitative estimate of drug-likeness (QED) is 0.156. The fourth-order valence-electron chi connectivity index (χ4n) is 2.95. The van der Waals surface area contributed by atoms with Crippen molar-refractivity contribution in [3.8, 4) is 22.6 Å². The number of ketones is 1. The zero-order chi connectivity index (χ0) is 22.0. The molecule has 2 aromatic carbocycles. The summed E-state index contributed by atoms with van der Waals surface area (Å²) in [5, 5.41) is 18.6. The van der Waals surface area contributed by atoms with Gasteiger partial charge in [0.15, 0.2) is 5.76 Å². The van der Waals surface area contributed by atoms with Crippen molar-refractivity contribution in [2.75, 3.05) is 0 Å². The number of nitro groups is 1. The number of nitro benzene ring substituents is 1. The van der Waals surface area contributed by atoms with Gasteiger partial charge in [-0.25, -0.2) is 0 Å². The second kappa shape index (κ2) is 8.59. The molecule has 7 nitrogen and oxygen atoms in total. The number of H-pyrrole nitrogens is 1. The van der Waals surface area contributed by atoms with Crippen molar-refractivity contribution >= 4 is 40.7 Å². The van der Waals surface area contributed by atoms with Gasteiger partial charge in [-0.15, -0.1) is 0 Å². The molecule has 4 rings (SSSR count). The molecule has 0 spiro atoms. The third kappa shape index (κ3) is 4.42. The maximum Gasteiger partial charge on any atom is 0.270 e. The van der Waals surface area contributed by atoms with Gasteiger partial charge in [0.1, 0.15) is 5.76 Å². The number of nitrogens with zero attached hydrogens (tertiary/aromatic N) is 2. The van der Waals surface area contributed by atoms with E-state index in [9.17, 15) is 14.9 Å². The van der Waals surface area contributed by atoms with E-state index in [2.05, 4.69) is 10.2 Å². The van der Waals surface area contributed by atoms with E-state index >= 15 is 0 Å². The molecule has 0 bridgehead atoms. The van der Waals surface area contributed by atoms with Crippen molar-refractivity contribution in [3.05, 3.63) is 98.4 Å². The minimum absolute atomic E-state index is 0.0384. The van der Waals surface area contributed by atoms with E-state index < -0.39 is 4.92 Å². The molecule has 0 radical (unpaired) electrons. The van der Waals surface area contributed by atoms with Crippen LogP contribution in [0.15, 0.2) is 71.3 Å². The summed E-state index contributed by atoms with van der Waals surface area (Å²) in [6, 6.07) is 14.4. The van der Waals surface area contributed by atoms with E-state index in [1.807, 2.05) is 0 Å². The number of aromatic amines is 1. The van der Waals surface area contributed by atoms with Crippen LogP contribution in [-0.4, -0.2) is 20.9 Å². The molecular weight excluding hydrogens is 441 g/mol. The summed E-state index contributed by atoms with van der Waals surface area (Å²) in [6.45, 7) is 0. The number of non-ortho nitro benzene ring substituents is 1. The Hall–Kier alpha value is -3.68. The molecule has 2 aromatic heterocycles. The number of hydrogen-bond acceptors (Lipinski definition) is 5. The van der Waals surface area contributed by atoms with Crippen molar-refractivity contribution in [1.82, 2.24) is 10.2 Å². The number of rotatable bonds is 6. The van der Waals surface area contributed by atoms with Crippen LogP contribution in [0, 0.1) is 10.1 Å². The molecule has 0 aliphatic heterocycles. The third-order valence-corrected chi connectivity index (χ3v) is 5.22. The number of nitrogens with one attached hydrogen (secondary N) is 1. The van der Waals surface area contributed by atoms with Crippen molar-refractivity contribution in [1.29, 1.82) is 0 Å². The Kier molecular flexibility index (Phi) is 5.70. The number of furan rings is 1. The molecule has 154 valence electrons. The average molecular weight is 454 g/mol. The fourth-order valence-corrected chi connectivity index (χ4v) is 3.25. The minimum atomic E-state index is -0.471. The van der Waals surface area contributed by atoms with Gasteiger partial charge in [0, 0.05) is 28.8 Å². The van der Waals surface area contributed by atoms with Crippen LogP contribution >= 0.6 is 23.2 Å². The van der Waals surface area contributed by atoms with Crippen LogP contribution in [0.5, 0.6) is 0 Å². The lowest BCUT2D eigenvalue weighted by molar-refractivity contribution is -0.384. The molecule has 0 aliphatic rings. The number of aromatic nitrogens is 2. The van der Waals surface area contributed by atoms with Crippen LogP contribution in [0.4, 0.5) is 5.69 Å². The summed E-state index contributed by atoms with van der Waals surface area (Å²) < 4.78 is 5.65. The summed E-state index contributed by atoms with van der Waals surface area (Å²) in [7, 11) is 0. The maximum atomic E-state index is 12.5. The Morgan fingerprint density at radius 1 is 1.06 bits per heavy atom. The zero-order valence-electron chi connectivity index (χ0n) is 15.7. The third-order valence-electron chi connectivity index (χ3n) is 4.48. The molecule has 0 amide bonds. The van der Waals surface area contributed by atoms with Crippen LogP contribution in [-0.2, 0) is 0 Å². The van der Waals surface area contributed by atoms with Gasteiger partial charge in [0.25, 0.3) is 5.69 Å². The van der Waals surface area contributed by atoms with Gasteiger partial charge in [-0.3, -0.25) is 20.0 Å². The normalized spacial score (nSPS) is 11.2. The van der Waals surface area contributed by atoms with Crippen molar-refractivity contribution in [2.45, 2.75) is 0 Å². The van der Waals surface area contributed by atoms with Crippen molar-refractivity contribution in [3.63, 3.8) is 0 Å². The van der Waals surface area contributed by atoms with E-state index in [1.54, 1.807) is 48.5 Å². The largest absolute Gasteiger partial charge is 0.453 e. The van der Waals surface area contributed by atoms with E-state index in [4.69, 9.17) is 27.6 Å². The topological polar surface area (TPSA) is 102 Å². The van der Waals surface area contributed by atoms with E-state index in [1.165, 1.54) is 24.4 Å². The standard InChI is InChI=1S/C22H13Cl2N3O4/c23-17-6-4-13(11-18(17)24)20-8-9-21(31-20)19(28)7-5-15-12-25-26-22(15)14-2-1-3-16(10-14)27(29)30/h1-12H,(H,25,26). The molecule has 9 heteroatoms. The van der Waals surface area contributed by atoms with Gasteiger partial charge in [-0.05, 0) is 42.5 Å². The first-order valence-electron chi connectivity index (χ1n) is 8.98. The van der Waals surface area contributed by atoms with Crippen LogP contribution in [0.3, 0.4) is 0 Å². The predicted molar refractivity (Wildman–Crippen MR) is 118 cm³/mol. The second-order valence-electron chi connectivity index (χ2n) is 6.50.